The van der Waals surface area contributed by atoms with Gasteiger partial charge in [-0.2, -0.15) is 9.90 Å². The third kappa shape index (κ3) is 2.36. The molecule has 0 bridgehead atoms. The lowest BCUT2D eigenvalue weighted by Crippen LogP contribution is -2.21. The first kappa shape index (κ1) is 11.5. The van der Waals surface area contributed by atoms with Gasteiger partial charge in [-0.15, -0.1) is 5.10 Å². The number of carbonyl (C=O) groups excluding carboxylic acids is 1. The first-order valence-corrected chi connectivity index (χ1v) is 5.95. The Morgan fingerprint density at radius 3 is 2.68 bits per heavy atom. The molecule has 2 N–H and O–H groups in total. The Balaban J connectivity index is 1.89. The number of hydrogen-bond donors (Lipinski definition) is 2. The molecule has 1 aromatic carbocycles. The number of rotatable bonds is 2. The normalized spacial score (nSPS) is 16.5. The molecule has 3 rings (SSSR count). The second-order valence-corrected chi connectivity index (χ2v) is 4.27. The first-order valence-electron chi connectivity index (χ1n) is 5.54. The molecular weight excluding hydrogens is 262 g/mol. The molecule has 0 atom stereocenters. The zero-order valence-corrected chi connectivity index (χ0v) is 10.5. The van der Waals surface area contributed by atoms with Crippen molar-refractivity contribution in [3.05, 3.63) is 47.9 Å². The van der Waals surface area contributed by atoms with E-state index < -0.39 is 0 Å². The molecule has 1 saturated heterocycles. The molecule has 6 nitrogen and oxygen atoms in total. The maximum Gasteiger partial charge on any atom is 0.273 e. The fourth-order valence-electron chi connectivity index (χ4n) is 1.66. The van der Waals surface area contributed by atoms with Gasteiger partial charge < -0.3 is 5.32 Å². The Kier molecular flexibility index (Phi) is 2.81. The Morgan fingerprint density at radius 1 is 1.21 bits per heavy atom. The maximum atomic E-state index is 11.5. The molecule has 2 heterocycles. The minimum Gasteiger partial charge on any atom is -0.328 e. The monoisotopic (exact) mass is 271 g/mol. The topological polar surface area (TPSA) is 71.8 Å². The quantitative estimate of drug-likeness (QED) is 0.618. The number of amides is 1. The van der Waals surface area contributed by atoms with Crippen LogP contribution in [-0.2, 0) is 4.79 Å². The number of hydrogen-bond acceptors (Lipinski definition) is 4. The van der Waals surface area contributed by atoms with E-state index in [4.69, 9.17) is 12.2 Å². The molecule has 94 valence electrons. The highest BCUT2D eigenvalue weighted by atomic mass is 32.1. The number of carbonyl (C=O) groups is 1. The van der Waals surface area contributed by atoms with E-state index in [0.29, 0.717) is 16.5 Å². The third-order valence-electron chi connectivity index (χ3n) is 2.51. The second kappa shape index (κ2) is 4.62. The molecule has 1 amide bonds. The minimum absolute atomic E-state index is 0.265. The lowest BCUT2D eigenvalue weighted by atomic mass is 10.3. The van der Waals surface area contributed by atoms with Gasteiger partial charge in [0, 0.05) is 0 Å². The third-order valence-corrected chi connectivity index (χ3v) is 2.71. The summed E-state index contributed by atoms with van der Waals surface area (Å²) >= 11 is 4.85. The lowest BCUT2D eigenvalue weighted by molar-refractivity contribution is -0.115. The standard InChI is InChI=1S/C12H9N5OS/c18-11-10(14-12(19)15-11)6-8-7-13-17(16-8)9-4-2-1-3-5-9/h1-7H,(H2,14,15,18,19)/b10-6-. The van der Waals surface area contributed by atoms with Gasteiger partial charge in [-0.3, -0.25) is 10.1 Å². The summed E-state index contributed by atoms with van der Waals surface area (Å²) in [6.45, 7) is 0. The van der Waals surface area contributed by atoms with Crippen LogP contribution in [0.5, 0.6) is 0 Å². The van der Waals surface area contributed by atoms with Crippen molar-refractivity contribution < 1.29 is 4.79 Å². The highest BCUT2D eigenvalue weighted by Crippen LogP contribution is 2.08. The summed E-state index contributed by atoms with van der Waals surface area (Å²) in [7, 11) is 0. The smallest absolute Gasteiger partial charge is 0.273 e. The van der Waals surface area contributed by atoms with E-state index in [2.05, 4.69) is 20.8 Å². The molecule has 1 aromatic heterocycles. The van der Waals surface area contributed by atoms with Crippen LogP contribution in [0.1, 0.15) is 5.69 Å². The van der Waals surface area contributed by atoms with Gasteiger partial charge in [0.05, 0.1) is 11.9 Å². The average Bonchev–Trinajstić information content (AvgIpc) is 2.99. The van der Waals surface area contributed by atoms with Crippen LogP contribution in [0, 0.1) is 0 Å². The molecule has 1 aliphatic heterocycles. The summed E-state index contributed by atoms with van der Waals surface area (Å²) in [6, 6.07) is 9.52. The number of thiocarbonyl (C=S) groups is 1. The highest BCUT2D eigenvalue weighted by Gasteiger charge is 2.20. The molecule has 7 heteroatoms. The van der Waals surface area contributed by atoms with Crippen LogP contribution < -0.4 is 10.6 Å². The molecule has 2 aromatic rings. The van der Waals surface area contributed by atoms with E-state index in [1.807, 2.05) is 30.3 Å². The Bertz CT molecular complexity index is 676. The van der Waals surface area contributed by atoms with Crippen molar-refractivity contribution in [3.8, 4) is 5.69 Å². The summed E-state index contributed by atoms with van der Waals surface area (Å²) in [6.07, 6.45) is 3.18. The molecule has 0 radical (unpaired) electrons. The number of nitrogens with one attached hydrogen (secondary N) is 2. The number of aromatic nitrogens is 3. The first-order chi connectivity index (χ1) is 9.22. The molecule has 1 fully saturated rings. The van der Waals surface area contributed by atoms with E-state index >= 15 is 0 Å². The summed E-state index contributed by atoms with van der Waals surface area (Å²) in [4.78, 5) is 13.0. The largest absolute Gasteiger partial charge is 0.328 e. The predicted octanol–water partition coefficient (Wildman–Crippen LogP) is 0.613. The van der Waals surface area contributed by atoms with Crippen LogP contribution in [-0.4, -0.2) is 26.0 Å². The van der Waals surface area contributed by atoms with Crippen LogP contribution >= 0.6 is 12.2 Å². The van der Waals surface area contributed by atoms with Gasteiger partial charge in [0.2, 0.25) is 0 Å². The van der Waals surface area contributed by atoms with E-state index in [0.717, 1.165) is 5.69 Å². The molecule has 0 unspecified atom stereocenters. The molecule has 1 aliphatic rings. The number of para-hydroxylation sites is 1. The Hall–Kier alpha value is -2.54. The van der Waals surface area contributed by atoms with Crippen molar-refractivity contribution in [2.24, 2.45) is 0 Å². The van der Waals surface area contributed by atoms with E-state index in [9.17, 15) is 4.79 Å². The van der Waals surface area contributed by atoms with E-state index in [1.165, 1.54) is 4.80 Å². The van der Waals surface area contributed by atoms with Gasteiger partial charge in [0.1, 0.15) is 11.4 Å². The molecule has 0 saturated carbocycles. The summed E-state index contributed by atoms with van der Waals surface area (Å²) in [5.74, 6) is -0.265. The van der Waals surface area contributed by atoms with Crippen LogP contribution in [0.25, 0.3) is 11.8 Å². The minimum atomic E-state index is -0.265. The van der Waals surface area contributed by atoms with Gasteiger partial charge in [0.25, 0.3) is 5.91 Å². The average molecular weight is 271 g/mol. The molecule has 19 heavy (non-hydrogen) atoms. The van der Waals surface area contributed by atoms with Crippen LogP contribution in [0.15, 0.2) is 42.2 Å². The summed E-state index contributed by atoms with van der Waals surface area (Å²) in [5.41, 5.74) is 1.79. The van der Waals surface area contributed by atoms with E-state index in [-0.39, 0.29) is 5.91 Å². The highest BCUT2D eigenvalue weighted by molar-refractivity contribution is 7.80. The fourth-order valence-corrected chi connectivity index (χ4v) is 1.86. The van der Waals surface area contributed by atoms with Crippen LogP contribution in [0.3, 0.4) is 0 Å². The van der Waals surface area contributed by atoms with Crippen LogP contribution in [0.4, 0.5) is 0 Å². The van der Waals surface area contributed by atoms with Crippen molar-refractivity contribution >= 4 is 29.3 Å². The van der Waals surface area contributed by atoms with Gasteiger partial charge in [-0.05, 0) is 30.4 Å². The van der Waals surface area contributed by atoms with Crippen LogP contribution in [0.2, 0.25) is 0 Å². The zero-order chi connectivity index (χ0) is 13.2. The van der Waals surface area contributed by atoms with E-state index in [1.54, 1.807) is 12.3 Å². The lowest BCUT2D eigenvalue weighted by Gasteiger charge is -1.96. The van der Waals surface area contributed by atoms with Gasteiger partial charge in [0.15, 0.2) is 5.11 Å². The van der Waals surface area contributed by atoms with Gasteiger partial charge >= 0.3 is 0 Å². The number of nitrogens with zero attached hydrogens (tertiary/aromatic N) is 3. The predicted molar refractivity (Wildman–Crippen MR) is 73.2 cm³/mol. The Labute approximate surface area is 114 Å². The van der Waals surface area contributed by atoms with Crippen molar-refractivity contribution in [2.75, 3.05) is 0 Å². The summed E-state index contributed by atoms with van der Waals surface area (Å²) < 4.78 is 0. The molecule has 0 spiro atoms. The molecular formula is C12H9N5OS. The second-order valence-electron chi connectivity index (χ2n) is 3.86. The van der Waals surface area contributed by atoms with Crippen molar-refractivity contribution in [3.63, 3.8) is 0 Å². The maximum absolute atomic E-state index is 11.5. The SMILES string of the molecule is O=C1NC(=S)N/C1=C\c1cnn(-c2ccccc2)n1. The van der Waals surface area contributed by atoms with Crippen molar-refractivity contribution in [2.45, 2.75) is 0 Å². The van der Waals surface area contributed by atoms with Gasteiger partial charge in [-0.25, -0.2) is 0 Å². The Morgan fingerprint density at radius 2 is 2.00 bits per heavy atom. The number of benzene rings is 1. The van der Waals surface area contributed by atoms with Crippen molar-refractivity contribution in [1.29, 1.82) is 0 Å². The summed E-state index contributed by atoms with van der Waals surface area (Å²) in [5, 5.41) is 13.9. The molecule has 0 aliphatic carbocycles. The zero-order valence-electron chi connectivity index (χ0n) is 9.70. The van der Waals surface area contributed by atoms with Gasteiger partial charge in [-0.1, -0.05) is 18.2 Å². The fraction of sp³-hybridized carbons (Fsp3) is 0. The van der Waals surface area contributed by atoms with Crippen molar-refractivity contribution in [1.82, 2.24) is 25.6 Å².